The first-order chi connectivity index (χ1) is 12.5. The number of nitrogens with zero attached hydrogens (tertiary/aromatic N) is 3. The van der Waals surface area contributed by atoms with Crippen LogP contribution in [-0.2, 0) is 11.2 Å². The van der Waals surface area contributed by atoms with Gasteiger partial charge in [0.15, 0.2) is 5.82 Å². The first-order valence-electron chi connectivity index (χ1n) is 7.64. The van der Waals surface area contributed by atoms with Crippen LogP contribution in [0, 0.1) is 0 Å². The zero-order chi connectivity index (χ0) is 18.5. The molecule has 0 spiro atoms. The number of nitrogens with one attached hydrogen (secondary N) is 1. The summed E-state index contributed by atoms with van der Waals surface area (Å²) in [7, 11) is 0. The maximum Gasteiger partial charge on any atom is 0.234 e. The molecule has 2 aromatic carbocycles. The number of nitrogens with two attached hydrogens (primary N) is 1. The van der Waals surface area contributed by atoms with Crippen molar-refractivity contribution in [3.63, 3.8) is 0 Å². The summed E-state index contributed by atoms with van der Waals surface area (Å²) in [4.78, 5) is 12.1. The lowest BCUT2D eigenvalue weighted by atomic mass is 10.1. The topological polar surface area (TPSA) is 85.8 Å². The SMILES string of the molecule is Nn1c(Cc2ccccc2)nnc1SCC(=O)Nc1ccc(Cl)cc1Cl. The highest BCUT2D eigenvalue weighted by Gasteiger charge is 2.13. The van der Waals surface area contributed by atoms with Gasteiger partial charge in [-0.15, -0.1) is 10.2 Å². The molecule has 1 amide bonds. The molecule has 1 heterocycles. The Morgan fingerprint density at radius 1 is 1.15 bits per heavy atom. The van der Waals surface area contributed by atoms with E-state index in [4.69, 9.17) is 29.0 Å². The average molecular weight is 408 g/mol. The van der Waals surface area contributed by atoms with Gasteiger partial charge in [0.1, 0.15) is 0 Å². The summed E-state index contributed by atoms with van der Waals surface area (Å²) in [6.45, 7) is 0. The highest BCUT2D eigenvalue weighted by molar-refractivity contribution is 7.99. The molecule has 0 aliphatic heterocycles. The summed E-state index contributed by atoms with van der Waals surface area (Å²) in [6, 6.07) is 14.7. The van der Waals surface area contributed by atoms with Gasteiger partial charge in [-0.25, -0.2) is 4.68 Å². The van der Waals surface area contributed by atoms with E-state index in [0.717, 1.165) is 5.56 Å². The zero-order valence-corrected chi connectivity index (χ0v) is 15.9. The summed E-state index contributed by atoms with van der Waals surface area (Å²) in [6.07, 6.45) is 0.567. The lowest BCUT2D eigenvalue weighted by Gasteiger charge is -2.07. The van der Waals surface area contributed by atoms with Crippen molar-refractivity contribution in [1.82, 2.24) is 14.9 Å². The van der Waals surface area contributed by atoms with Crippen LogP contribution in [0.3, 0.4) is 0 Å². The second-order valence-electron chi connectivity index (χ2n) is 5.39. The lowest BCUT2D eigenvalue weighted by Crippen LogP contribution is -2.17. The largest absolute Gasteiger partial charge is 0.336 e. The highest BCUT2D eigenvalue weighted by Crippen LogP contribution is 2.25. The number of hydrogen-bond acceptors (Lipinski definition) is 5. The van der Waals surface area contributed by atoms with E-state index in [-0.39, 0.29) is 11.7 Å². The summed E-state index contributed by atoms with van der Waals surface area (Å²) in [5, 5.41) is 12.2. The molecule has 0 fully saturated rings. The fraction of sp³-hybridized carbons (Fsp3) is 0.118. The van der Waals surface area contributed by atoms with Crippen molar-refractivity contribution in [2.45, 2.75) is 11.6 Å². The molecule has 9 heteroatoms. The molecule has 3 rings (SSSR count). The molecule has 0 atom stereocenters. The van der Waals surface area contributed by atoms with Crippen LogP contribution in [0.25, 0.3) is 0 Å². The number of nitrogen functional groups attached to an aromatic ring is 1. The van der Waals surface area contributed by atoms with Gasteiger partial charge >= 0.3 is 0 Å². The van der Waals surface area contributed by atoms with E-state index in [0.29, 0.717) is 33.1 Å². The molecule has 0 saturated heterocycles. The second-order valence-corrected chi connectivity index (χ2v) is 7.18. The Bertz CT molecular complexity index is 917. The van der Waals surface area contributed by atoms with E-state index >= 15 is 0 Å². The van der Waals surface area contributed by atoms with Crippen molar-refractivity contribution in [3.05, 3.63) is 70.0 Å². The molecule has 134 valence electrons. The first kappa shape index (κ1) is 18.6. The minimum atomic E-state index is -0.230. The van der Waals surface area contributed by atoms with Crippen molar-refractivity contribution in [2.75, 3.05) is 16.9 Å². The van der Waals surface area contributed by atoms with Gasteiger partial charge in [-0.2, -0.15) is 0 Å². The van der Waals surface area contributed by atoms with Crippen LogP contribution in [0.1, 0.15) is 11.4 Å². The fourth-order valence-corrected chi connectivity index (χ4v) is 3.34. The number of anilines is 1. The number of thioether (sulfide) groups is 1. The number of rotatable bonds is 6. The highest BCUT2D eigenvalue weighted by atomic mass is 35.5. The Hall–Kier alpha value is -2.22. The number of carbonyl (C=O) groups excluding carboxylic acids is 1. The van der Waals surface area contributed by atoms with Gasteiger partial charge in [-0.3, -0.25) is 4.79 Å². The van der Waals surface area contributed by atoms with Crippen LogP contribution in [-0.4, -0.2) is 26.5 Å². The van der Waals surface area contributed by atoms with Crippen molar-refractivity contribution in [1.29, 1.82) is 0 Å². The van der Waals surface area contributed by atoms with Crippen LogP contribution in [0.15, 0.2) is 53.7 Å². The molecule has 0 aliphatic carbocycles. The average Bonchev–Trinajstić information content (AvgIpc) is 2.96. The van der Waals surface area contributed by atoms with E-state index in [9.17, 15) is 4.79 Å². The fourth-order valence-electron chi connectivity index (χ4n) is 2.21. The van der Waals surface area contributed by atoms with Crippen LogP contribution >= 0.6 is 35.0 Å². The molecule has 26 heavy (non-hydrogen) atoms. The normalized spacial score (nSPS) is 10.7. The Kier molecular flexibility index (Phi) is 6.03. The number of benzene rings is 2. The number of halogens is 2. The van der Waals surface area contributed by atoms with Gasteiger partial charge in [-0.1, -0.05) is 65.3 Å². The first-order valence-corrected chi connectivity index (χ1v) is 9.38. The molecule has 3 aromatic rings. The van der Waals surface area contributed by atoms with Crippen molar-refractivity contribution >= 4 is 46.6 Å². The molecular weight excluding hydrogens is 393 g/mol. The Balaban J connectivity index is 1.58. The number of amides is 1. The quantitative estimate of drug-likeness (QED) is 0.481. The van der Waals surface area contributed by atoms with E-state index in [1.165, 1.54) is 16.4 Å². The van der Waals surface area contributed by atoms with E-state index in [1.807, 2.05) is 30.3 Å². The maximum absolute atomic E-state index is 12.1. The van der Waals surface area contributed by atoms with Gasteiger partial charge in [-0.05, 0) is 23.8 Å². The summed E-state index contributed by atoms with van der Waals surface area (Å²) in [5.74, 6) is 6.55. The number of aromatic nitrogens is 3. The van der Waals surface area contributed by atoms with Gasteiger partial charge in [0.2, 0.25) is 11.1 Å². The monoisotopic (exact) mass is 407 g/mol. The molecule has 3 N–H and O–H groups in total. The van der Waals surface area contributed by atoms with Crippen LogP contribution in [0.2, 0.25) is 10.0 Å². The Labute approximate surface area is 164 Å². The van der Waals surface area contributed by atoms with E-state index < -0.39 is 0 Å². The van der Waals surface area contributed by atoms with Gasteiger partial charge < -0.3 is 11.2 Å². The Morgan fingerprint density at radius 2 is 1.92 bits per heavy atom. The van der Waals surface area contributed by atoms with Gasteiger partial charge in [0.25, 0.3) is 0 Å². The minimum absolute atomic E-state index is 0.125. The predicted octanol–water partition coefficient (Wildman–Crippen LogP) is 3.62. The van der Waals surface area contributed by atoms with Gasteiger partial charge in [0, 0.05) is 11.4 Å². The molecular formula is C17H15Cl2N5OS. The van der Waals surface area contributed by atoms with Crippen LogP contribution in [0.4, 0.5) is 5.69 Å². The van der Waals surface area contributed by atoms with E-state index in [1.54, 1.807) is 18.2 Å². The third-order valence-electron chi connectivity index (χ3n) is 3.48. The second kappa shape index (κ2) is 8.44. The molecule has 0 saturated carbocycles. The Morgan fingerprint density at radius 3 is 2.65 bits per heavy atom. The molecule has 0 bridgehead atoms. The van der Waals surface area contributed by atoms with Crippen molar-refractivity contribution < 1.29 is 4.79 Å². The summed E-state index contributed by atoms with van der Waals surface area (Å²) in [5.41, 5.74) is 1.58. The molecule has 0 radical (unpaired) electrons. The van der Waals surface area contributed by atoms with E-state index in [2.05, 4.69) is 15.5 Å². The number of hydrogen-bond donors (Lipinski definition) is 2. The maximum atomic E-state index is 12.1. The van der Waals surface area contributed by atoms with Gasteiger partial charge in [0.05, 0.1) is 16.5 Å². The summed E-state index contributed by atoms with van der Waals surface area (Å²) >= 11 is 13.1. The predicted molar refractivity (Wildman–Crippen MR) is 105 cm³/mol. The van der Waals surface area contributed by atoms with Crippen LogP contribution < -0.4 is 11.2 Å². The van der Waals surface area contributed by atoms with Crippen LogP contribution in [0.5, 0.6) is 0 Å². The lowest BCUT2D eigenvalue weighted by molar-refractivity contribution is -0.113. The zero-order valence-electron chi connectivity index (χ0n) is 13.5. The molecule has 1 aromatic heterocycles. The summed E-state index contributed by atoms with van der Waals surface area (Å²) < 4.78 is 1.40. The number of carbonyl (C=O) groups is 1. The molecule has 0 aliphatic rings. The third-order valence-corrected chi connectivity index (χ3v) is 4.97. The minimum Gasteiger partial charge on any atom is -0.336 e. The van der Waals surface area contributed by atoms with Crippen molar-refractivity contribution in [3.8, 4) is 0 Å². The standard InChI is InChI=1S/C17H15Cl2N5OS/c18-12-6-7-14(13(19)9-12)21-16(25)10-26-17-23-22-15(24(17)20)8-11-4-2-1-3-5-11/h1-7,9H,8,10,20H2,(H,21,25). The van der Waals surface area contributed by atoms with Crippen molar-refractivity contribution in [2.24, 2.45) is 0 Å². The molecule has 6 nitrogen and oxygen atoms in total. The molecule has 0 unspecified atom stereocenters. The third kappa shape index (κ3) is 4.69. The smallest absolute Gasteiger partial charge is 0.234 e.